The van der Waals surface area contributed by atoms with Gasteiger partial charge in [-0.25, -0.2) is 4.79 Å². The normalized spacial score (nSPS) is 22.3. The van der Waals surface area contributed by atoms with Crippen molar-refractivity contribution in [2.45, 2.75) is 32.4 Å². The van der Waals surface area contributed by atoms with Crippen LogP contribution in [0.15, 0.2) is 24.3 Å². The SMILES string of the molecule is CC(C)[C@H]1C(=O)N[C@@H](Cc2ccc(Cl)cc2)CN1C(=O)O. The fourth-order valence-electron chi connectivity index (χ4n) is 2.71. The Morgan fingerprint density at radius 1 is 1.43 bits per heavy atom. The molecule has 0 saturated carbocycles. The molecule has 2 N–H and O–H groups in total. The summed E-state index contributed by atoms with van der Waals surface area (Å²) in [5, 5.41) is 12.9. The number of carboxylic acid groups (broad SMARTS) is 1. The van der Waals surface area contributed by atoms with Gasteiger partial charge in [0.2, 0.25) is 5.91 Å². The van der Waals surface area contributed by atoms with E-state index in [9.17, 15) is 14.7 Å². The van der Waals surface area contributed by atoms with Gasteiger partial charge < -0.3 is 10.4 Å². The van der Waals surface area contributed by atoms with Gasteiger partial charge in [0.05, 0.1) is 6.04 Å². The number of nitrogens with one attached hydrogen (secondary N) is 1. The van der Waals surface area contributed by atoms with E-state index < -0.39 is 12.1 Å². The zero-order chi connectivity index (χ0) is 15.6. The highest BCUT2D eigenvalue weighted by Gasteiger charge is 2.38. The van der Waals surface area contributed by atoms with E-state index in [0.29, 0.717) is 18.0 Å². The molecule has 0 spiro atoms. The molecule has 1 heterocycles. The molecule has 2 amide bonds. The first-order valence-corrected chi connectivity index (χ1v) is 7.30. The van der Waals surface area contributed by atoms with Crippen LogP contribution < -0.4 is 5.32 Å². The smallest absolute Gasteiger partial charge is 0.408 e. The Morgan fingerprint density at radius 3 is 2.57 bits per heavy atom. The van der Waals surface area contributed by atoms with E-state index in [1.165, 1.54) is 4.90 Å². The zero-order valence-electron chi connectivity index (χ0n) is 12.0. The molecule has 2 rings (SSSR count). The molecule has 114 valence electrons. The summed E-state index contributed by atoms with van der Waals surface area (Å²) in [6, 6.07) is 6.50. The number of hydrogen-bond acceptors (Lipinski definition) is 2. The highest BCUT2D eigenvalue weighted by atomic mass is 35.5. The molecule has 1 aromatic rings. The number of benzene rings is 1. The summed E-state index contributed by atoms with van der Waals surface area (Å²) in [4.78, 5) is 24.8. The predicted molar refractivity (Wildman–Crippen MR) is 80.4 cm³/mol. The molecule has 0 aromatic heterocycles. The first kappa shape index (κ1) is 15.6. The van der Waals surface area contributed by atoms with Crippen LogP contribution in [0.2, 0.25) is 5.02 Å². The van der Waals surface area contributed by atoms with Crippen molar-refractivity contribution in [2.75, 3.05) is 6.54 Å². The van der Waals surface area contributed by atoms with Gasteiger partial charge >= 0.3 is 6.09 Å². The number of piperazine rings is 1. The monoisotopic (exact) mass is 310 g/mol. The third-order valence-electron chi connectivity index (χ3n) is 3.64. The first-order chi connectivity index (χ1) is 9.88. The van der Waals surface area contributed by atoms with E-state index in [4.69, 9.17) is 11.6 Å². The first-order valence-electron chi connectivity index (χ1n) is 6.93. The summed E-state index contributed by atoms with van der Waals surface area (Å²) in [5.41, 5.74) is 1.01. The van der Waals surface area contributed by atoms with E-state index >= 15 is 0 Å². The minimum atomic E-state index is -1.05. The summed E-state index contributed by atoms with van der Waals surface area (Å²) in [6.07, 6.45) is -0.470. The number of carbonyl (C=O) groups excluding carboxylic acids is 1. The van der Waals surface area contributed by atoms with Crippen molar-refractivity contribution in [1.29, 1.82) is 0 Å². The lowest BCUT2D eigenvalue weighted by Gasteiger charge is -2.39. The highest BCUT2D eigenvalue weighted by Crippen LogP contribution is 2.19. The molecule has 0 aliphatic carbocycles. The molecule has 6 heteroatoms. The Bertz CT molecular complexity index is 530. The molecule has 0 radical (unpaired) electrons. The maximum atomic E-state index is 12.2. The van der Waals surface area contributed by atoms with Gasteiger partial charge in [0.1, 0.15) is 6.04 Å². The molecule has 0 unspecified atom stereocenters. The lowest BCUT2D eigenvalue weighted by atomic mass is 9.95. The molecule has 21 heavy (non-hydrogen) atoms. The largest absolute Gasteiger partial charge is 0.465 e. The number of hydrogen-bond donors (Lipinski definition) is 2. The third kappa shape index (κ3) is 3.67. The second kappa shape index (κ2) is 6.35. The summed E-state index contributed by atoms with van der Waals surface area (Å²) in [6.45, 7) is 3.99. The van der Waals surface area contributed by atoms with E-state index in [1.54, 1.807) is 12.1 Å². The van der Waals surface area contributed by atoms with Gasteiger partial charge in [-0.15, -0.1) is 0 Å². The molecule has 1 fully saturated rings. The van der Waals surface area contributed by atoms with E-state index in [1.807, 2.05) is 26.0 Å². The Morgan fingerprint density at radius 2 is 2.05 bits per heavy atom. The van der Waals surface area contributed by atoms with Crippen molar-refractivity contribution in [2.24, 2.45) is 5.92 Å². The number of halogens is 1. The van der Waals surface area contributed by atoms with E-state index in [-0.39, 0.29) is 17.9 Å². The summed E-state index contributed by atoms with van der Waals surface area (Å²) in [7, 11) is 0. The van der Waals surface area contributed by atoms with Crippen LogP contribution in [0.5, 0.6) is 0 Å². The molecular weight excluding hydrogens is 292 g/mol. The fraction of sp³-hybridized carbons (Fsp3) is 0.467. The zero-order valence-corrected chi connectivity index (χ0v) is 12.8. The average Bonchev–Trinajstić information content (AvgIpc) is 2.40. The highest BCUT2D eigenvalue weighted by molar-refractivity contribution is 6.30. The van der Waals surface area contributed by atoms with Gasteiger partial charge in [0.15, 0.2) is 0 Å². The second-order valence-corrected chi connectivity index (χ2v) is 6.10. The van der Waals surface area contributed by atoms with Gasteiger partial charge in [0, 0.05) is 11.6 Å². The van der Waals surface area contributed by atoms with Crippen LogP contribution >= 0.6 is 11.6 Å². The fourth-order valence-corrected chi connectivity index (χ4v) is 2.83. The van der Waals surface area contributed by atoms with Crippen molar-refractivity contribution in [3.63, 3.8) is 0 Å². The molecule has 1 aliphatic heterocycles. The maximum Gasteiger partial charge on any atom is 0.408 e. The molecule has 1 saturated heterocycles. The Hall–Kier alpha value is -1.75. The standard InChI is InChI=1S/C15H19ClN2O3/c1-9(2)13-14(19)17-12(8-18(13)15(20)21)7-10-3-5-11(16)6-4-10/h3-6,9,12-13H,7-8H2,1-2H3,(H,17,19)(H,20,21)/t12-,13-/m0/s1. The van der Waals surface area contributed by atoms with Crippen LogP contribution in [0.25, 0.3) is 0 Å². The van der Waals surface area contributed by atoms with Gasteiger partial charge in [-0.1, -0.05) is 37.6 Å². The molecule has 0 bridgehead atoms. The lowest BCUT2D eigenvalue weighted by Crippen LogP contribution is -2.63. The quantitative estimate of drug-likeness (QED) is 0.900. The van der Waals surface area contributed by atoms with Crippen LogP contribution in [0.3, 0.4) is 0 Å². The van der Waals surface area contributed by atoms with Crippen LogP contribution in [-0.2, 0) is 11.2 Å². The second-order valence-electron chi connectivity index (χ2n) is 5.66. The number of amides is 2. The van der Waals surface area contributed by atoms with Gasteiger partial charge in [-0.2, -0.15) is 0 Å². The van der Waals surface area contributed by atoms with E-state index in [2.05, 4.69) is 5.32 Å². The maximum absolute atomic E-state index is 12.2. The van der Waals surface area contributed by atoms with Gasteiger partial charge in [-0.05, 0) is 30.0 Å². The van der Waals surface area contributed by atoms with Crippen LogP contribution in [0.1, 0.15) is 19.4 Å². The summed E-state index contributed by atoms with van der Waals surface area (Å²) < 4.78 is 0. The summed E-state index contributed by atoms with van der Waals surface area (Å²) >= 11 is 5.84. The number of carbonyl (C=O) groups is 2. The van der Waals surface area contributed by atoms with Crippen molar-refractivity contribution in [3.8, 4) is 0 Å². The summed E-state index contributed by atoms with van der Waals surface area (Å²) in [5.74, 6) is -0.282. The molecule has 5 nitrogen and oxygen atoms in total. The minimum absolute atomic E-state index is 0.0578. The van der Waals surface area contributed by atoms with Crippen LogP contribution in [0, 0.1) is 5.92 Å². The Kier molecular flexibility index (Phi) is 4.73. The van der Waals surface area contributed by atoms with Crippen molar-refractivity contribution >= 4 is 23.6 Å². The van der Waals surface area contributed by atoms with E-state index in [0.717, 1.165) is 5.56 Å². The Balaban J connectivity index is 2.11. The Labute approximate surface area is 128 Å². The van der Waals surface area contributed by atoms with Crippen LogP contribution in [-0.4, -0.2) is 40.6 Å². The molecule has 1 aromatic carbocycles. The van der Waals surface area contributed by atoms with Gasteiger partial charge in [0.25, 0.3) is 0 Å². The number of rotatable bonds is 3. The van der Waals surface area contributed by atoms with Crippen molar-refractivity contribution in [1.82, 2.24) is 10.2 Å². The molecule has 2 atom stereocenters. The minimum Gasteiger partial charge on any atom is -0.465 e. The molecular formula is C15H19ClN2O3. The van der Waals surface area contributed by atoms with Crippen LogP contribution in [0.4, 0.5) is 4.79 Å². The topological polar surface area (TPSA) is 69.6 Å². The van der Waals surface area contributed by atoms with Crippen molar-refractivity contribution in [3.05, 3.63) is 34.9 Å². The lowest BCUT2D eigenvalue weighted by molar-refractivity contribution is -0.131. The molecule has 1 aliphatic rings. The average molecular weight is 311 g/mol. The van der Waals surface area contributed by atoms with Gasteiger partial charge in [-0.3, -0.25) is 9.69 Å². The predicted octanol–water partition coefficient (Wildman–Crippen LogP) is 2.39. The third-order valence-corrected chi connectivity index (χ3v) is 3.89. The van der Waals surface area contributed by atoms with Crippen molar-refractivity contribution < 1.29 is 14.7 Å². The number of nitrogens with zero attached hydrogens (tertiary/aromatic N) is 1.